The number of hydrogen-bond donors (Lipinski definition) is 0. The fourth-order valence-corrected chi connectivity index (χ4v) is 2.95. The molecule has 0 bridgehead atoms. The number of benzene rings is 1. The zero-order chi connectivity index (χ0) is 17.4. The molecular weight excluding hydrogens is 308 g/mol. The van der Waals surface area contributed by atoms with Gasteiger partial charge in [-0.25, -0.2) is 9.59 Å². The summed E-state index contributed by atoms with van der Waals surface area (Å²) in [7, 11) is 0. The first-order valence-corrected chi connectivity index (χ1v) is 7.86. The molecule has 3 rings (SSSR count). The van der Waals surface area contributed by atoms with Gasteiger partial charge in [0, 0.05) is 10.8 Å². The van der Waals surface area contributed by atoms with Crippen LogP contribution in [0.4, 0.5) is 5.69 Å². The summed E-state index contributed by atoms with van der Waals surface area (Å²) in [5.74, 6) is -0.823. The zero-order valence-corrected chi connectivity index (χ0v) is 14.1. The van der Waals surface area contributed by atoms with Gasteiger partial charge in [0.05, 0.1) is 46.8 Å². The lowest BCUT2D eigenvalue weighted by Gasteiger charge is -2.06. The lowest BCUT2D eigenvalue weighted by atomic mass is 10.0. The Morgan fingerprint density at radius 3 is 2.21 bits per heavy atom. The van der Waals surface area contributed by atoms with Gasteiger partial charge in [-0.15, -0.1) is 0 Å². The normalized spacial score (nSPS) is 14.8. The molecular formula is C18H18N2O4. The largest absolute Gasteiger partial charge is 0.462 e. The van der Waals surface area contributed by atoms with Crippen molar-refractivity contribution >= 4 is 34.5 Å². The molecule has 0 spiro atoms. The van der Waals surface area contributed by atoms with Crippen molar-refractivity contribution < 1.29 is 19.1 Å². The van der Waals surface area contributed by atoms with Gasteiger partial charge in [-0.05, 0) is 39.8 Å². The van der Waals surface area contributed by atoms with Crippen LogP contribution >= 0.6 is 0 Å². The molecule has 0 unspecified atom stereocenters. The van der Waals surface area contributed by atoms with Gasteiger partial charge in [0.2, 0.25) is 0 Å². The fourth-order valence-electron chi connectivity index (χ4n) is 2.95. The van der Waals surface area contributed by atoms with E-state index in [1.54, 1.807) is 39.8 Å². The van der Waals surface area contributed by atoms with E-state index in [0.29, 0.717) is 44.4 Å². The highest BCUT2D eigenvalue weighted by atomic mass is 16.5. The van der Waals surface area contributed by atoms with Gasteiger partial charge in [0.25, 0.3) is 0 Å². The van der Waals surface area contributed by atoms with Crippen molar-refractivity contribution in [1.29, 1.82) is 0 Å². The van der Waals surface area contributed by atoms with Crippen LogP contribution in [0.5, 0.6) is 0 Å². The molecule has 24 heavy (non-hydrogen) atoms. The van der Waals surface area contributed by atoms with Gasteiger partial charge in [-0.1, -0.05) is 0 Å². The second-order valence-corrected chi connectivity index (χ2v) is 5.47. The summed E-state index contributed by atoms with van der Waals surface area (Å²) in [5, 5.41) is 1.33. The van der Waals surface area contributed by atoms with E-state index >= 15 is 0 Å². The summed E-state index contributed by atoms with van der Waals surface area (Å²) in [6.07, 6.45) is 0. The second-order valence-electron chi connectivity index (χ2n) is 5.47. The van der Waals surface area contributed by atoms with Crippen molar-refractivity contribution in [3.05, 3.63) is 34.0 Å². The van der Waals surface area contributed by atoms with Crippen LogP contribution in [0.3, 0.4) is 0 Å². The summed E-state index contributed by atoms with van der Waals surface area (Å²) in [6, 6.07) is 3.57. The molecule has 0 aromatic heterocycles. The molecule has 1 aromatic rings. The third kappa shape index (κ3) is 2.44. The maximum absolute atomic E-state index is 12.2. The van der Waals surface area contributed by atoms with Crippen molar-refractivity contribution in [2.24, 2.45) is 9.98 Å². The first kappa shape index (κ1) is 16.1. The summed E-state index contributed by atoms with van der Waals surface area (Å²) in [6.45, 7) is 7.63. The molecule has 0 N–H and O–H groups in total. The maximum atomic E-state index is 12.2. The highest BCUT2D eigenvalue weighted by molar-refractivity contribution is 6.42. The molecule has 1 aromatic carbocycles. The number of hydrogen-bond acceptors (Lipinski definition) is 6. The molecule has 0 saturated carbocycles. The van der Waals surface area contributed by atoms with Gasteiger partial charge in [0.15, 0.2) is 0 Å². The van der Waals surface area contributed by atoms with Crippen molar-refractivity contribution in [2.75, 3.05) is 13.2 Å². The number of esters is 2. The fraction of sp³-hybridized carbons (Fsp3) is 0.333. The predicted octanol–water partition coefficient (Wildman–Crippen LogP) is 1.43. The Labute approximate surface area is 139 Å². The topological polar surface area (TPSA) is 77.3 Å². The lowest BCUT2D eigenvalue weighted by Crippen LogP contribution is -2.21. The summed E-state index contributed by atoms with van der Waals surface area (Å²) >= 11 is 0. The number of fused-ring (bicyclic) bond motifs is 2. The van der Waals surface area contributed by atoms with E-state index in [2.05, 4.69) is 9.98 Å². The van der Waals surface area contributed by atoms with Gasteiger partial charge < -0.3 is 9.47 Å². The quantitative estimate of drug-likeness (QED) is 0.784. The van der Waals surface area contributed by atoms with Crippen LogP contribution in [0.2, 0.25) is 0 Å². The van der Waals surface area contributed by atoms with E-state index < -0.39 is 11.9 Å². The standard InChI is InChI=1S/C18H18N2O4/c1-5-23-17(21)15-9(3)19-13-8-14-12(7-11(13)15)16(10(4)20-14)18(22)24-6-2/h7-8H,5-6H2,1-4H3. The summed E-state index contributed by atoms with van der Waals surface area (Å²) in [5.41, 5.74) is 3.40. The van der Waals surface area contributed by atoms with Crippen LogP contribution in [0.25, 0.3) is 11.1 Å². The molecule has 0 atom stereocenters. The van der Waals surface area contributed by atoms with Crippen LogP contribution in [-0.2, 0) is 19.1 Å². The first-order valence-electron chi connectivity index (χ1n) is 7.86. The number of rotatable bonds is 4. The van der Waals surface area contributed by atoms with Crippen LogP contribution in [-0.4, -0.2) is 30.9 Å². The molecule has 0 fully saturated rings. The zero-order valence-electron chi connectivity index (χ0n) is 14.1. The maximum Gasteiger partial charge on any atom is 0.340 e. The average Bonchev–Trinajstić information content (AvgIpc) is 2.99. The molecule has 2 heterocycles. The number of carbonyl (C=O) groups excluding carboxylic acids is 2. The van der Waals surface area contributed by atoms with Gasteiger partial charge >= 0.3 is 11.9 Å². The van der Waals surface area contributed by atoms with Crippen molar-refractivity contribution in [2.45, 2.75) is 27.7 Å². The lowest BCUT2D eigenvalue weighted by molar-refractivity contribution is -0.136. The molecule has 0 saturated heterocycles. The third-order valence-corrected chi connectivity index (χ3v) is 3.91. The highest BCUT2D eigenvalue weighted by Crippen LogP contribution is 2.25. The van der Waals surface area contributed by atoms with Crippen molar-refractivity contribution in [3.8, 4) is 0 Å². The Hall–Kier alpha value is -2.76. The Bertz CT molecular complexity index is 939. The number of aliphatic imine (C=N–C) groups is 1. The van der Waals surface area contributed by atoms with E-state index in [9.17, 15) is 9.59 Å². The molecule has 2 aliphatic rings. The Kier molecular flexibility index (Phi) is 4.05. The van der Waals surface area contributed by atoms with E-state index in [4.69, 9.17) is 9.47 Å². The van der Waals surface area contributed by atoms with Gasteiger partial charge in [-0.3, -0.25) is 9.98 Å². The minimum absolute atomic E-state index is 0.290. The number of ether oxygens (including phenoxy) is 2. The van der Waals surface area contributed by atoms with E-state index in [1.807, 2.05) is 0 Å². The molecule has 0 amide bonds. The van der Waals surface area contributed by atoms with E-state index in [0.717, 1.165) is 0 Å². The van der Waals surface area contributed by atoms with Crippen molar-refractivity contribution in [1.82, 2.24) is 0 Å². The van der Waals surface area contributed by atoms with Gasteiger partial charge in [0.1, 0.15) is 0 Å². The van der Waals surface area contributed by atoms with E-state index in [-0.39, 0.29) is 13.2 Å². The Morgan fingerprint density at radius 2 is 1.58 bits per heavy atom. The third-order valence-electron chi connectivity index (χ3n) is 3.91. The van der Waals surface area contributed by atoms with Crippen LogP contribution in [0.15, 0.2) is 27.8 Å². The molecule has 2 aliphatic heterocycles. The summed E-state index contributed by atoms with van der Waals surface area (Å²) in [4.78, 5) is 33.3. The number of nitrogens with zero attached hydrogens (tertiary/aromatic N) is 2. The van der Waals surface area contributed by atoms with Crippen molar-refractivity contribution in [3.63, 3.8) is 0 Å². The Morgan fingerprint density at radius 1 is 0.958 bits per heavy atom. The molecule has 0 radical (unpaired) electrons. The number of allylic oxidation sites excluding steroid dienone is 1. The predicted molar refractivity (Wildman–Crippen MR) is 89.3 cm³/mol. The Balaban J connectivity index is 2.19. The molecule has 124 valence electrons. The molecule has 6 nitrogen and oxygen atoms in total. The molecule has 0 aliphatic carbocycles. The van der Waals surface area contributed by atoms with Gasteiger partial charge in [-0.2, -0.15) is 0 Å². The van der Waals surface area contributed by atoms with E-state index in [1.165, 1.54) is 0 Å². The minimum atomic E-state index is -0.411. The number of carbonyl (C=O) groups is 2. The average molecular weight is 326 g/mol. The van der Waals surface area contributed by atoms with Crippen LogP contribution in [0.1, 0.15) is 33.3 Å². The first-order chi connectivity index (χ1) is 11.5. The highest BCUT2D eigenvalue weighted by Gasteiger charge is 2.27. The SMILES string of the molecule is CCOC(=O)C1=C(C)N=c2cc3c(cc21)=C(C(=O)OCC)C(C)=N3. The smallest absolute Gasteiger partial charge is 0.340 e. The monoisotopic (exact) mass is 326 g/mol. The van der Waals surface area contributed by atoms with Crippen LogP contribution in [0, 0.1) is 0 Å². The minimum Gasteiger partial charge on any atom is -0.462 e. The van der Waals surface area contributed by atoms with Crippen LogP contribution < -0.4 is 10.6 Å². The second kappa shape index (κ2) is 6.03. The molecule has 6 heteroatoms. The summed E-state index contributed by atoms with van der Waals surface area (Å²) < 4.78 is 10.2.